The molecular formula is C33H32N4O3S. The van der Waals surface area contributed by atoms with E-state index in [-0.39, 0.29) is 16.9 Å². The average Bonchev–Trinajstić information content (AvgIpc) is 3.01. The van der Waals surface area contributed by atoms with Crippen molar-refractivity contribution in [3.05, 3.63) is 125 Å². The quantitative estimate of drug-likeness (QED) is 0.282. The van der Waals surface area contributed by atoms with Crippen molar-refractivity contribution in [3.63, 3.8) is 0 Å². The van der Waals surface area contributed by atoms with Gasteiger partial charge in [0.15, 0.2) is 5.11 Å². The maximum atomic E-state index is 12.8. The Bertz CT molecular complexity index is 1500. The van der Waals surface area contributed by atoms with E-state index in [9.17, 15) is 9.59 Å². The lowest BCUT2D eigenvalue weighted by Crippen LogP contribution is -2.48. The van der Waals surface area contributed by atoms with Crippen LogP contribution >= 0.6 is 12.2 Å². The van der Waals surface area contributed by atoms with Crippen LogP contribution in [0, 0.1) is 6.92 Å². The van der Waals surface area contributed by atoms with Crippen molar-refractivity contribution in [2.24, 2.45) is 0 Å². The number of rotatable bonds is 7. The number of hydrogen-bond acceptors (Lipinski definition) is 5. The van der Waals surface area contributed by atoms with E-state index in [1.54, 1.807) is 18.2 Å². The molecule has 2 N–H and O–H groups in total. The maximum absolute atomic E-state index is 12.8. The molecule has 1 fully saturated rings. The summed E-state index contributed by atoms with van der Waals surface area (Å²) in [6.07, 6.45) is 0. The third-order valence-electron chi connectivity index (χ3n) is 6.93. The largest absolute Gasteiger partial charge is 0.489 e. The van der Waals surface area contributed by atoms with Crippen LogP contribution in [-0.4, -0.2) is 48.0 Å². The number of amides is 2. The van der Waals surface area contributed by atoms with Gasteiger partial charge in [-0.3, -0.25) is 14.9 Å². The Balaban J connectivity index is 1.09. The molecule has 0 radical (unpaired) electrons. The summed E-state index contributed by atoms with van der Waals surface area (Å²) in [7, 11) is 0. The number of benzene rings is 4. The summed E-state index contributed by atoms with van der Waals surface area (Å²) < 4.78 is 5.83. The fourth-order valence-electron chi connectivity index (χ4n) is 4.61. The van der Waals surface area contributed by atoms with E-state index < -0.39 is 0 Å². The number of ether oxygens (including phenoxy) is 1. The summed E-state index contributed by atoms with van der Waals surface area (Å²) in [4.78, 5) is 29.8. The van der Waals surface area contributed by atoms with E-state index in [2.05, 4.69) is 15.5 Å². The molecule has 1 heterocycles. The lowest BCUT2D eigenvalue weighted by molar-refractivity contribution is 0.0746. The SMILES string of the molecule is Cc1ccc(C(=O)N2CCN(c3ccc(NC(=S)NC(=O)c4cccc(OCc5ccccc5)c4)cc3)CC2)cc1. The van der Waals surface area contributed by atoms with Gasteiger partial charge in [-0.1, -0.05) is 54.1 Å². The molecule has 0 bridgehead atoms. The molecule has 0 atom stereocenters. The van der Waals surface area contributed by atoms with Gasteiger partial charge < -0.3 is 19.9 Å². The highest BCUT2D eigenvalue weighted by molar-refractivity contribution is 7.80. The van der Waals surface area contributed by atoms with E-state index in [0.717, 1.165) is 41.2 Å². The lowest BCUT2D eigenvalue weighted by atomic mass is 10.1. The number of anilines is 2. The van der Waals surface area contributed by atoms with Gasteiger partial charge in [0.25, 0.3) is 11.8 Å². The fourth-order valence-corrected chi connectivity index (χ4v) is 4.82. The monoisotopic (exact) mass is 564 g/mol. The molecule has 4 aromatic carbocycles. The van der Waals surface area contributed by atoms with Gasteiger partial charge >= 0.3 is 0 Å². The minimum absolute atomic E-state index is 0.0752. The van der Waals surface area contributed by atoms with Crippen molar-refractivity contribution in [2.45, 2.75) is 13.5 Å². The number of carbonyl (C=O) groups is 2. The maximum Gasteiger partial charge on any atom is 0.257 e. The normalized spacial score (nSPS) is 12.9. The Morgan fingerprint density at radius 1 is 0.805 bits per heavy atom. The van der Waals surface area contributed by atoms with Crippen molar-refractivity contribution < 1.29 is 14.3 Å². The Morgan fingerprint density at radius 3 is 2.22 bits per heavy atom. The number of hydrogen-bond donors (Lipinski definition) is 2. The van der Waals surface area contributed by atoms with Crippen molar-refractivity contribution in [1.29, 1.82) is 0 Å². The predicted molar refractivity (Wildman–Crippen MR) is 167 cm³/mol. The smallest absolute Gasteiger partial charge is 0.257 e. The zero-order valence-electron chi connectivity index (χ0n) is 22.9. The van der Waals surface area contributed by atoms with Gasteiger partial charge in [0.05, 0.1) is 0 Å². The van der Waals surface area contributed by atoms with Gasteiger partial charge in [-0.05, 0) is 79.3 Å². The first-order chi connectivity index (χ1) is 19.9. The Morgan fingerprint density at radius 2 is 1.51 bits per heavy atom. The molecule has 1 aliphatic heterocycles. The molecular weight excluding hydrogens is 532 g/mol. The Kier molecular flexibility index (Phi) is 8.91. The van der Waals surface area contributed by atoms with Crippen LogP contribution in [0.4, 0.5) is 11.4 Å². The van der Waals surface area contributed by atoms with Crippen molar-refractivity contribution in [2.75, 3.05) is 36.4 Å². The summed E-state index contributed by atoms with van der Waals surface area (Å²) in [6, 6.07) is 32.5. The molecule has 4 aromatic rings. The van der Waals surface area contributed by atoms with Crippen LogP contribution in [0.3, 0.4) is 0 Å². The van der Waals surface area contributed by atoms with E-state index in [4.69, 9.17) is 17.0 Å². The van der Waals surface area contributed by atoms with Crippen molar-refractivity contribution in [1.82, 2.24) is 10.2 Å². The van der Waals surface area contributed by atoms with Crippen molar-refractivity contribution >= 4 is 40.5 Å². The highest BCUT2D eigenvalue weighted by atomic mass is 32.1. The molecule has 0 spiro atoms. The molecule has 7 nitrogen and oxygen atoms in total. The number of nitrogens with one attached hydrogen (secondary N) is 2. The van der Waals surface area contributed by atoms with Gasteiger partial charge in [-0.2, -0.15) is 0 Å². The second-order valence-corrected chi connectivity index (χ2v) is 10.3. The van der Waals surface area contributed by atoms with E-state index in [0.29, 0.717) is 31.0 Å². The first-order valence-corrected chi connectivity index (χ1v) is 14.0. The van der Waals surface area contributed by atoms with E-state index >= 15 is 0 Å². The number of nitrogens with zero attached hydrogens (tertiary/aromatic N) is 2. The first kappa shape index (κ1) is 27.9. The predicted octanol–water partition coefficient (Wildman–Crippen LogP) is 5.66. The highest BCUT2D eigenvalue weighted by Crippen LogP contribution is 2.21. The highest BCUT2D eigenvalue weighted by Gasteiger charge is 2.22. The summed E-state index contributed by atoms with van der Waals surface area (Å²) in [5.74, 6) is 0.366. The molecule has 0 unspecified atom stereocenters. The average molecular weight is 565 g/mol. The summed E-state index contributed by atoms with van der Waals surface area (Å²) in [6.45, 7) is 5.28. The zero-order chi connectivity index (χ0) is 28.6. The van der Waals surface area contributed by atoms with Gasteiger partial charge in [0.2, 0.25) is 0 Å². The number of carbonyl (C=O) groups excluding carboxylic acids is 2. The minimum atomic E-state index is -0.317. The third kappa shape index (κ3) is 7.49. The fraction of sp³-hybridized carbons (Fsp3) is 0.182. The van der Waals surface area contributed by atoms with Gasteiger partial charge in [-0.25, -0.2) is 0 Å². The second-order valence-electron chi connectivity index (χ2n) is 9.90. The molecule has 2 amide bonds. The van der Waals surface area contributed by atoms with Crippen LogP contribution in [0.1, 0.15) is 31.8 Å². The minimum Gasteiger partial charge on any atom is -0.489 e. The molecule has 5 rings (SSSR count). The van der Waals surface area contributed by atoms with Gasteiger partial charge in [0.1, 0.15) is 12.4 Å². The summed E-state index contributed by atoms with van der Waals surface area (Å²) in [5, 5.41) is 6.02. The van der Waals surface area contributed by atoms with Crippen molar-refractivity contribution in [3.8, 4) is 5.75 Å². The van der Waals surface area contributed by atoms with Crippen LogP contribution in [0.15, 0.2) is 103 Å². The first-order valence-electron chi connectivity index (χ1n) is 13.5. The molecule has 8 heteroatoms. The van der Waals surface area contributed by atoms with Crippen LogP contribution in [0.25, 0.3) is 0 Å². The molecule has 0 saturated carbocycles. The Hall–Kier alpha value is -4.69. The third-order valence-corrected chi connectivity index (χ3v) is 7.13. The van der Waals surface area contributed by atoms with Crippen LogP contribution in [0.5, 0.6) is 5.75 Å². The van der Waals surface area contributed by atoms with Crippen LogP contribution in [-0.2, 0) is 6.61 Å². The van der Waals surface area contributed by atoms with E-state index in [1.165, 1.54) is 0 Å². The number of piperazine rings is 1. The molecule has 1 saturated heterocycles. The van der Waals surface area contributed by atoms with Gasteiger partial charge in [-0.15, -0.1) is 0 Å². The van der Waals surface area contributed by atoms with Crippen LogP contribution in [0.2, 0.25) is 0 Å². The standard InChI is InChI=1S/C33H32N4O3S/c1-24-10-12-26(13-11-24)32(39)37-20-18-36(19-21-37)29-16-14-28(15-17-29)34-33(41)35-31(38)27-8-5-9-30(22-27)40-23-25-6-3-2-4-7-25/h2-17,22H,18-21,23H2,1H3,(H2,34,35,38,41). The topological polar surface area (TPSA) is 73.9 Å². The zero-order valence-corrected chi connectivity index (χ0v) is 23.7. The molecule has 0 aromatic heterocycles. The summed E-state index contributed by atoms with van der Waals surface area (Å²) in [5.41, 5.74) is 5.21. The molecule has 41 heavy (non-hydrogen) atoms. The Labute approximate surface area is 245 Å². The van der Waals surface area contributed by atoms with Crippen LogP contribution < -0.4 is 20.3 Å². The lowest BCUT2D eigenvalue weighted by Gasteiger charge is -2.36. The van der Waals surface area contributed by atoms with Gasteiger partial charge in [0, 0.05) is 48.7 Å². The molecule has 208 valence electrons. The second kappa shape index (κ2) is 13.1. The van der Waals surface area contributed by atoms with E-state index in [1.807, 2.05) is 96.8 Å². The molecule has 0 aliphatic carbocycles. The number of thiocarbonyl (C=S) groups is 1. The molecule has 1 aliphatic rings. The summed E-state index contributed by atoms with van der Waals surface area (Å²) >= 11 is 5.38. The number of aryl methyl sites for hydroxylation is 1.